The first-order chi connectivity index (χ1) is 8.86. The first-order valence-corrected chi connectivity index (χ1v) is 5.67. The molecule has 1 aromatic rings. The number of alkyl halides is 3. The molecular weight excluding hydrogens is 259 g/mol. The molecule has 0 amide bonds. The average molecular weight is 271 g/mol. The van der Waals surface area contributed by atoms with E-state index in [9.17, 15) is 18.0 Å². The fourth-order valence-corrected chi connectivity index (χ4v) is 1.76. The van der Waals surface area contributed by atoms with E-state index in [-0.39, 0.29) is 24.2 Å². The van der Waals surface area contributed by atoms with Gasteiger partial charge in [-0.3, -0.25) is 0 Å². The van der Waals surface area contributed by atoms with Crippen LogP contribution in [0.25, 0.3) is 0 Å². The van der Waals surface area contributed by atoms with Crippen molar-refractivity contribution in [1.82, 2.24) is 0 Å². The van der Waals surface area contributed by atoms with E-state index >= 15 is 0 Å². The summed E-state index contributed by atoms with van der Waals surface area (Å²) in [6, 6.07) is 3.87. The number of hydrogen-bond acceptors (Lipinski definition) is 3. The van der Waals surface area contributed by atoms with Gasteiger partial charge in [0, 0.05) is 0 Å². The van der Waals surface area contributed by atoms with Crippen LogP contribution in [0.1, 0.15) is 40.9 Å². The molecule has 102 valence electrons. The molecule has 0 bridgehead atoms. The monoisotopic (exact) mass is 271 g/mol. The summed E-state index contributed by atoms with van der Waals surface area (Å²) in [6.45, 7) is 3.12. The van der Waals surface area contributed by atoms with Crippen molar-refractivity contribution in [2.24, 2.45) is 0 Å². The van der Waals surface area contributed by atoms with Crippen LogP contribution in [0.4, 0.5) is 13.2 Å². The van der Waals surface area contributed by atoms with Gasteiger partial charge < -0.3 is 4.74 Å². The summed E-state index contributed by atoms with van der Waals surface area (Å²) in [5, 5.41) is 8.94. The largest absolute Gasteiger partial charge is 0.462 e. The number of carbonyl (C=O) groups excluding carboxylic acids is 1. The minimum atomic E-state index is -4.68. The third-order valence-corrected chi connectivity index (χ3v) is 2.56. The van der Waals surface area contributed by atoms with E-state index < -0.39 is 23.3 Å². The van der Waals surface area contributed by atoms with Crippen LogP contribution in [0.5, 0.6) is 0 Å². The van der Waals surface area contributed by atoms with Crippen LogP contribution in [-0.2, 0) is 17.3 Å². The Bertz CT molecular complexity index is 530. The third-order valence-electron chi connectivity index (χ3n) is 2.56. The normalized spacial score (nSPS) is 10.9. The van der Waals surface area contributed by atoms with E-state index in [0.29, 0.717) is 0 Å². The molecule has 0 fully saturated rings. The van der Waals surface area contributed by atoms with E-state index in [1.54, 1.807) is 6.92 Å². The molecule has 0 heterocycles. The topological polar surface area (TPSA) is 50.1 Å². The molecule has 6 heteroatoms. The Morgan fingerprint density at radius 2 is 2.00 bits per heavy atom. The number of nitrogens with zero attached hydrogens (tertiary/aromatic N) is 1. The molecule has 0 saturated carbocycles. The number of ether oxygens (including phenoxy) is 1. The van der Waals surface area contributed by atoms with Gasteiger partial charge in [0.25, 0.3) is 0 Å². The number of nitriles is 1. The molecule has 0 aliphatic carbocycles. The number of hydrogen-bond donors (Lipinski definition) is 0. The van der Waals surface area contributed by atoms with Crippen molar-refractivity contribution in [3.63, 3.8) is 0 Å². The number of rotatable bonds is 3. The zero-order valence-electron chi connectivity index (χ0n) is 10.5. The van der Waals surface area contributed by atoms with Gasteiger partial charge in [-0.05, 0) is 25.0 Å². The van der Waals surface area contributed by atoms with Crippen molar-refractivity contribution >= 4 is 5.97 Å². The lowest BCUT2D eigenvalue weighted by Gasteiger charge is -2.15. The zero-order valence-corrected chi connectivity index (χ0v) is 10.5. The van der Waals surface area contributed by atoms with Crippen LogP contribution < -0.4 is 0 Å². The SMILES string of the molecule is CCOC(=O)c1ccc(CC)c(C(F)(F)F)c1C#N. The second kappa shape index (κ2) is 5.74. The molecule has 19 heavy (non-hydrogen) atoms. The second-order valence-corrected chi connectivity index (χ2v) is 3.71. The maximum absolute atomic E-state index is 13.0. The quantitative estimate of drug-likeness (QED) is 0.792. The van der Waals surface area contributed by atoms with Crippen LogP contribution in [0.2, 0.25) is 0 Å². The summed E-state index contributed by atoms with van der Waals surface area (Å²) in [7, 11) is 0. The fourth-order valence-electron chi connectivity index (χ4n) is 1.76. The third kappa shape index (κ3) is 3.05. The number of benzene rings is 1. The molecule has 0 spiro atoms. The Morgan fingerprint density at radius 1 is 1.37 bits per heavy atom. The number of halogens is 3. The van der Waals surface area contributed by atoms with E-state index in [2.05, 4.69) is 4.74 Å². The van der Waals surface area contributed by atoms with Crippen molar-refractivity contribution in [1.29, 1.82) is 5.26 Å². The Kier molecular flexibility index (Phi) is 4.54. The predicted molar refractivity (Wildman–Crippen MR) is 61.5 cm³/mol. The molecule has 0 aromatic heterocycles. The Labute approximate surface area is 108 Å². The summed E-state index contributed by atoms with van der Waals surface area (Å²) in [5.74, 6) is -0.924. The molecular formula is C13H12F3NO2. The van der Waals surface area contributed by atoms with Crippen LogP contribution in [-0.4, -0.2) is 12.6 Å². The van der Waals surface area contributed by atoms with Crippen molar-refractivity contribution in [2.45, 2.75) is 26.4 Å². The maximum atomic E-state index is 13.0. The van der Waals surface area contributed by atoms with Crippen molar-refractivity contribution in [3.8, 4) is 6.07 Å². The Hall–Kier alpha value is -2.03. The average Bonchev–Trinajstić information content (AvgIpc) is 2.35. The van der Waals surface area contributed by atoms with Gasteiger partial charge in [0.2, 0.25) is 0 Å². The van der Waals surface area contributed by atoms with Gasteiger partial charge >= 0.3 is 12.1 Å². The Balaban J connectivity index is 3.55. The fraction of sp³-hybridized carbons (Fsp3) is 0.385. The molecule has 0 saturated heterocycles. The Morgan fingerprint density at radius 3 is 2.42 bits per heavy atom. The molecule has 1 aromatic carbocycles. The highest BCUT2D eigenvalue weighted by Gasteiger charge is 2.38. The minimum absolute atomic E-state index is 0.0166. The van der Waals surface area contributed by atoms with Crippen molar-refractivity contribution < 1.29 is 22.7 Å². The lowest BCUT2D eigenvalue weighted by atomic mass is 9.94. The highest BCUT2D eigenvalue weighted by atomic mass is 19.4. The summed E-state index contributed by atoms with van der Waals surface area (Å²) in [4.78, 5) is 11.6. The van der Waals surface area contributed by atoms with Crippen LogP contribution >= 0.6 is 0 Å². The summed E-state index contributed by atoms with van der Waals surface area (Å²) < 4.78 is 43.7. The van der Waals surface area contributed by atoms with Crippen LogP contribution in [0.3, 0.4) is 0 Å². The number of aryl methyl sites for hydroxylation is 1. The number of esters is 1. The molecule has 0 aliphatic rings. The van der Waals surface area contributed by atoms with Gasteiger partial charge in [-0.25, -0.2) is 4.79 Å². The van der Waals surface area contributed by atoms with E-state index in [1.165, 1.54) is 25.1 Å². The van der Waals surface area contributed by atoms with Crippen molar-refractivity contribution in [3.05, 3.63) is 34.4 Å². The first kappa shape index (κ1) is 15.0. The first-order valence-electron chi connectivity index (χ1n) is 5.67. The van der Waals surface area contributed by atoms with Gasteiger partial charge in [-0.1, -0.05) is 13.0 Å². The summed E-state index contributed by atoms with van der Waals surface area (Å²) in [6.07, 6.45) is -4.56. The molecule has 0 atom stereocenters. The highest BCUT2D eigenvalue weighted by molar-refractivity contribution is 5.93. The van der Waals surface area contributed by atoms with Gasteiger partial charge in [0.05, 0.1) is 23.3 Å². The van der Waals surface area contributed by atoms with E-state index in [0.717, 1.165) is 0 Å². The van der Waals surface area contributed by atoms with Gasteiger partial charge in [0.1, 0.15) is 6.07 Å². The zero-order chi connectivity index (χ0) is 14.6. The van der Waals surface area contributed by atoms with E-state index in [1.807, 2.05) is 0 Å². The van der Waals surface area contributed by atoms with Gasteiger partial charge in [0.15, 0.2) is 0 Å². The second-order valence-electron chi connectivity index (χ2n) is 3.71. The molecule has 0 radical (unpaired) electrons. The molecule has 0 N–H and O–H groups in total. The van der Waals surface area contributed by atoms with Crippen LogP contribution in [0.15, 0.2) is 12.1 Å². The van der Waals surface area contributed by atoms with Gasteiger partial charge in [-0.2, -0.15) is 18.4 Å². The lowest BCUT2D eigenvalue weighted by Crippen LogP contribution is -2.16. The summed E-state index contributed by atoms with van der Waals surface area (Å²) >= 11 is 0. The lowest BCUT2D eigenvalue weighted by molar-refractivity contribution is -0.138. The van der Waals surface area contributed by atoms with E-state index in [4.69, 9.17) is 5.26 Å². The molecule has 0 aliphatic heterocycles. The molecule has 1 rings (SSSR count). The maximum Gasteiger partial charge on any atom is 0.417 e. The molecule has 0 unspecified atom stereocenters. The smallest absolute Gasteiger partial charge is 0.417 e. The van der Waals surface area contributed by atoms with Gasteiger partial charge in [-0.15, -0.1) is 0 Å². The summed E-state index contributed by atoms with van der Waals surface area (Å²) in [5.41, 5.74) is -2.10. The standard InChI is InChI=1S/C13H12F3NO2/c1-3-8-5-6-9(12(18)19-4-2)10(7-17)11(8)13(14,15)16/h5-6H,3-4H2,1-2H3. The predicted octanol–water partition coefficient (Wildman–Crippen LogP) is 3.32. The minimum Gasteiger partial charge on any atom is -0.462 e. The highest BCUT2D eigenvalue weighted by Crippen LogP contribution is 2.36. The van der Waals surface area contributed by atoms with Crippen LogP contribution in [0, 0.1) is 11.3 Å². The molecule has 3 nitrogen and oxygen atoms in total. The number of carbonyl (C=O) groups is 1. The van der Waals surface area contributed by atoms with Crippen molar-refractivity contribution in [2.75, 3.05) is 6.61 Å².